The van der Waals surface area contributed by atoms with Crippen LogP contribution in [0.3, 0.4) is 0 Å². The van der Waals surface area contributed by atoms with E-state index in [9.17, 15) is 18.0 Å². The van der Waals surface area contributed by atoms with Crippen molar-refractivity contribution < 1.29 is 22.7 Å². The zero-order valence-corrected chi connectivity index (χ0v) is 17.4. The van der Waals surface area contributed by atoms with Crippen LogP contribution in [-0.4, -0.2) is 33.4 Å². The Balaban J connectivity index is 1.46. The van der Waals surface area contributed by atoms with E-state index in [2.05, 4.69) is 10.0 Å². The normalized spacial score (nSPS) is 11.2. The first kappa shape index (κ1) is 21.8. The van der Waals surface area contributed by atoms with Gasteiger partial charge in [0.2, 0.25) is 10.0 Å². The number of hydrogen-bond donors (Lipinski definition) is 2. The lowest BCUT2D eigenvalue weighted by atomic mass is 10.1. The molecule has 0 spiro atoms. The largest absolute Gasteiger partial charge is 0.455 e. The van der Waals surface area contributed by atoms with E-state index in [-0.39, 0.29) is 11.4 Å². The molecule has 0 heterocycles. The van der Waals surface area contributed by atoms with Crippen molar-refractivity contribution in [3.63, 3.8) is 0 Å². The van der Waals surface area contributed by atoms with Crippen LogP contribution in [0.4, 0.5) is 0 Å². The second kappa shape index (κ2) is 9.71. The second-order valence-corrected chi connectivity index (χ2v) is 8.60. The number of benzene rings is 3. The van der Waals surface area contributed by atoms with Gasteiger partial charge < -0.3 is 10.1 Å². The summed E-state index contributed by atoms with van der Waals surface area (Å²) in [5, 5.41) is 4.80. The SMILES string of the molecule is O=C(COC(=O)CNS(=O)(=O)c1ccc2ccccc2c1)NCc1cccc(Cl)c1. The van der Waals surface area contributed by atoms with Crippen LogP contribution in [0.15, 0.2) is 71.6 Å². The molecule has 0 aromatic heterocycles. The van der Waals surface area contributed by atoms with E-state index in [4.69, 9.17) is 16.3 Å². The minimum atomic E-state index is -3.90. The van der Waals surface area contributed by atoms with Crippen molar-refractivity contribution in [2.45, 2.75) is 11.4 Å². The molecule has 7 nitrogen and oxygen atoms in total. The molecular formula is C21H19ClN2O5S. The Bertz CT molecular complexity index is 1180. The Morgan fingerprint density at radius 2 is 1.70 bits per heavy atom. The maximum Gasteiger partial charge on any atom is 0.321 e. The average molecular weight is 447 g/mol. The molecule has 0 fully saturated rings. The summed E-state index contributed by atoms with van der Waals surface area (Å²) >= 11 is 5.87. The highest BCUT2D eigenvalue weighted by Crippen LogP contribution is 2.18. The van der Waals surface area contributed by atoms with Crippen molar-refractivity contribution in [2.24, 2.45) is 0 Å². The minimum Gasteiger partial charge on any atom is -0.455 e. The van der Waals surface area contributed by atoms with Crippen LogP contribution in [0.1, 0.15) is 5.56 Å². The molecule has 0 aliphatic rings. The van der Waals surface area contributed by atoms with Crippen LogP contribution in [0, 0.1) is 0 Å². The summed E-state index contributed by atoms with van der Waals surface area (Å²) < 4.78 is 31.8. The molecule has 2 N–H and O–H groups in total. The molecule has 30 heavy (non-hydrogen) atoms. The van der Waals surface area contributed by atoms with Crippen molar-refractivity contribution >= 4 is 44.3 Å². The number of nitrogens with one attached hydrogen (secondary N) is 2. The number of ether oxygens (including phenoxy) is 1. The highest BCUT2D eigenvalue weighted by molar-refractivity contribution is 7.89. The topological polar surface area (TPSA) is 102 Å². The van der Waals surface area contributed by atoms with E-state index in [1.165, 1.54) is 12.1 Å². The van der Waals surface area contributed by atoms with Gasteiger partial charge in [-0.2, -0.15) is 4.72 Å². The summed E-state index contributed by atoms with van der Waals surface area (Å²) in [6, 6.07) is 19.0. The van der Waals surface area contributed by atoms with Gasteiger partial charge in [-0.3, -0.25) is 9.59 Å². The number of fused-ring (bicyclic) bond motifs is 1. The Labute approximate surface area is 179 Å². The molecule has 9 heteroatoms. The van der Waals surface area contributed by atoms with Gasteiger partial charge in [-0.05, 0) is 40.6 Å². The van der Waals surface area contributed by atoms with Crippen LogP contribution in [0.2, 0.25) is 5.02 Å². The maximum absolute atomic E-state index is 12.4. The monoisotopic (exact) mass is 446 g/mol. The fourth-order valence-corrected chi connectivity index (χ4v) is 3.88. The number of carbonyl (C=O) groups is 2. The van der Waals surface area contributed by atoms with Gasteiger partial charge in [0.05, 0.1) is 4.90 Å². The highest BCUT2D eigenvalue weighted by Gasteiger charge is 2.17. The van der Waals surface area contributed by atoms with Gasteiger partial charge in [0.15, 0.2) is 6.61 Å². The number of amides is 1. The second-order valence-electron chi connectivity index (χ2n) is 6.40. The molecule has 0 unspecified atom stereocenters. The predicted octanol–water partition coefficient (Wildman–Crippen LogP) is 2.63. The van der Waals surface area contributed by atoms with E-state index in [1.54, 1.807) is 42.5 Å². The van der Waals surface area contributed by atoms with E-state index in [1.807, 2.05) is 12.1 Å². The van der Waals surface area contributed by atoms with Gasteiger partial charge in [0, 0.05) is 11.6 Å². The number of sulfonamides is 1. The summed E-state index contributed by atoms with van der Waals surface area (Å²) in [7, 11) is -3.90. The van der Waals surface area contributed by atoms with E-state index in [0.717, 1.165) is 16.3 Å². The number of carbonyl (C=O) groups excluding carboxylic acids is 2. The molecule has 0 aliphatic heterocycles. The standard InChI is InChI=1S/C21H19ClN2O5S/c22-18-7-3-4-15(10-18)12-23-20(25)14-29-21(26)13-24-30(27,28)19-9-8-16-5-1-2-6-17(16)11-19/h1-11,24H,12-14H2,(H,23,25). The zero-order chi connectivity index (χ0) is 21.6. The maximum atomic E-state index is 12.4. The summed E-state index contributed by atoms with van der Waals surface area (Å²) in [6.45, 7) is -0.876. The van der Waals surface area contributed by atoms with Crippen LogP contribution < -0.4 is 10.0 Å². The summed E-state index contributed by atoms with van der Waals surface area (Å²) in [4.78, 5) is 23.6. The first-order chi connectivity index (χ1) is 14.3. The van der Waals surface area contributed by atoms with Gasteiger partial charge in [-0.15, -0.1) is 0 Å². The zero-order valence-electron chi connectivity index (χ0n) is 15.8. The van der Waals surface area contributed by atoms with Crippen molar-refractivity contribution in [3.05, 3.63) is 77.3 Å². The summed E-state index contributed by atoms with van der Waals surface area (Å²) in [6.07, 6.45) is 0. The molecule has 1 amide bonds. The summed E-state index contributed by atoms with van der Waals surface area (Å²) in [5.41, 5.74) is 0.797. The molecule has 0 atom stereocenters. The van der Waals surface area contributed by atoms with Gasteiger partial charge in [0.1, 0.15) is 6.54 Å². The van der Waals surface area contributed by atoms with E-state index >= 15 is 0 Å². The van der Waals surface area contributed by atoms with E-state index in [0.29, 0.717) is 5.02 Å². The number of esters is 1. The lowest BCUT2D eigenvalue weighted by Gasteiger charge is -2.09. The summed E-state index contributed by atoms with van der Waals surface area (Å²) in [5.74, 6) is -1.38. The average Bonchev–Trinajstić information content (AvgIpc) is 2.74. The van der Waals surface area contributed by atoms with Crippen molar-refractivity contribution in [3.8, 4) is 0 Å². The number of hydrogen-bond acceptors (Lipinski definition) is 5. The van der Waals surface area contributed by atoms with Gasteiger partial charge in [0.25, 0.3) is 5.91 Å². The lowest BCUT2D eigenvalue weighted by molar-refractivity contribution is -0.147. The number of rotatable bonds is 8. The molecule has 0 radical (unpaired) electrons. The molecule has 0 saturated heterocycles. The van der Waals surface area contributed by atoms with E-state index < -0.39 is 35.1 Å². The molecule has 0 aliphatic carbocycles. The Kier molecular flexibility index (Phi) is 7.04. The molecule has 156 valence electrons. The van der Waals surface area contributed by atoms with Crippen LogP contribution in [0.5, 0.6) is 0 Å². The molecule has 3 aromatic rings. The Morgan fingerprint density at radius 1 is 0.933 bits per heavy atom. The van der Waals surface area contributed by atoms with Crippen LogP contribution in [0.25, 0.3) is 10.8 Å². The van der Waals surface area contributed by atoms with Crippen molar-refractivity contribution in [1.82, 2.24) is 10.0 Å². The molecular weight excluding hydrogens is 428 g/mol. The molecule has 3 aromatic carbocycles. The minimum absolute atomic E-state index is 0.0354. The van der Waals surface area contributed by atoms with Gasteiger partial charge >= 0.3 is 5.97 Å². The highest BCUT2D eigenvalue weighted by atomic mass is 35.5. The third-order valence-electron chi connectivity index (χ3n) is 4.18. The fraction of sp³-hybridized carbons (Fsp3) is 0.143. The van der Waals surface area contributed by atoms with Crippen molar-refractivity contribution in [1.29, 1.82) is 0 Å². The Hall–Kier alpha value is -2.94. The van der Waals surface area contributed by atoms with Crippen LogP contribution >= 0.6 is 11.6 Å². The smallest absolute Gasteiger partial charge is 0.321 e. The van der Waals surface area contributed by atoms with Crippen LogP contribution in [-0.2, 0) is 30.9 Å². The fourth-order valence-electron chi connectivity index (χ4n) is 2.67. The quantitative estimate of drug-likeness (QED) is 0.518. The third kappa shape index (κ3) is 6.03. The first-order valence-corrected chi connectivity index (χ1v) is 10.8. The first-order valence-electron chi connectivity index (χ1n) is 8.99. The molecule has 3 rings (SSSR count). The lowest BCUT2D eigenvalue weighted by Crippen LogP contribution is -2.33. The van der Waals surface area contributed by atoms with Crippen molar-refractivity contribution in [2.75, 3.05) is 13.2 Å². The molecule has 0 bridgehead atoms. The van der Waals surface area contributed by atoms with Gasteiger partial charge in [-0.1, -0.05) is 54.1 Å². The number of halogens is 1. The Morgan fingerprint density at radius 3 is 2.47 bits per heavy atom. The molecule has 0 saturated carbocycles. The van der Waals surface area contributed by atoms with Gasteiger partial charge in [-0.25, -0.2) is 8.42 Å². The third-order valence-corrected chi connectivity index (χ3v) is 5.81. The predicted molar refractivity (Wildman–Crippen MR) is 113 cm³/mol.